The molecular weight excluding hydrogens is 217 g/mol. The van der Waals surface area contributed by atoms with E-state index in [9.17, 15) is 4.39 Å². The Bertz CT molecular complexity index is 375. The van der Waals surface area contributed by atoms with Crippen molar-refractivity contribution in [1.29, 1.82) is 5.41 Å². The highest BCUT2D eigenvalue weighted by atomic mass is 19.1. The van der Waals surface area contributed by atoms with E-state index in [4.69, 9.17) is 5.41 Å². The molecule has 0 unspecified atom stereocenters. The van der Waals surface area contributed by atoms with Crippen molar-refractivity contribution in [3.8, 4) is 0 Å². The molecule has 1 aliphatic heterocycles. The summed E-state index contributed by atoms with van der Waals surface area (Å²) in [6.07, 6.45) is 1.99. The van der Waals surface area contributed by atoms with Crippen LogP contribution < -0.4 is 5.32 Å². The fraction of sp³-hybridized carbons (Fsp3) is 0.462. The van der Waals surface area contributed by atoms with E-state index in [0.717, 1.165) is 30.9 Å². The fourth-order valence-electron chi connectivity index (χ4n) is 2.10. The van der Waals surface area contributed by atoms with Crippen LogP contribution >= 0.6 is 0 Å². The number of nitrogens with one attached hydrogen (secondary N) is 2. The molecule has 1 heterocycles. The SMILES string of the molecule is N=Cc1ccccc1NC1CN(CCCF)C1. The number of benzene rings is 1. The number of anilines is 1. The third-order valence-electron chi connectivity index (χ3n) is 3.04. The maximum atomic E-state index is 12.0. The normalized spacial score (nSPS) is 16.5. The highest BCUT2D eigenvalue weighted by molar-refractivity contribution is 5.85. The summed E-state index contributed by atoms with van der Waals surface area (Å²) in [7, 11) is 0. The zero-order chi connectivity index (χ0) is 12.1. The monoisotopic (exact) mass is 235 g/mol. The van der Waals surface area contributed by atoms with Gasteiger partial charge >= 0.3 is 0 Å². The molecule has 4 heteroatoms. The molecule has 0 atom stereocenters. The summed E-state index contributed by atoms with van der Waals surface area (Å²) in [4.78, 5) is 2.24. The molecule has 0 saturated carbocycles. The third kappa shape index (κ3) is 3.03. The lowest BCUT2D eigenvalue weighted by atomic mass is 10.1. The van der Waals surface area contributed by atoms with Crippen molar-refractivity contribution in [2.45, 2.75) is 12.5 Å². The molecule has 0 bridgehead atoms. The molecule has 92 valence electrons. The molecule has 1 saturated heterocycles. The zero-order valence-corrected chi connectivity index (χ0v) is 9.82. The van der Waals surface area contributed by atoms with Gasteiger partial charge in [0.25, 0.3) is 0 Å². The number of para-hydroxylation sites is 1. The van der Waals surface area contributed by atoms with Crippen molar-refractivity contribution in [3.05, 3.63) is 29.8 Å². The summed E-state index contributed by atoms with van der Waals surface area (Å²) in [5.41, 5.74) is 1.92. The number of hydrogen-bond acceptors (Lipinski definition) is 3. The van der Waals surface area contributed by atoms with Gasteiger partial charge in [0.15, 0.2) is 0 Å². The van der Waals surface area contributed by atoms with E-state index in [0.29, 0.717) is 12.5 Å². The van der Waals surface area contributed by atoms with E-state index in [1.54, 1.807) is 0 Å². The Balaban J connectivity index is 1.81. The molecular formula is C13H18FN3. The minimum atomic E-state index is -0.231. The molecule has 0 aromatic heterocycles. The average Bonchev–Trinajstić information content (AvgIpc) is 2.32. The Hall–Kier alpha value is -1.42. The van der Waals surface area contributed by atoms with Crippen molar-refractivity contribution >= 4 is 11.9 Å². The quantitative estimate of drug-likeness (QED) is 0.741. The van der Waals surface area contributed by atoms with Gasteiger partial charge in [-0.2, -0.15) is 0 Å². The molecule has 17 heavy (non-hydrogen) atoms. The lowest BCUT2D eigenvalue weighted by molar-refractivity contribution is 0.155. The van der Waals surface area contributed by atoms with E-state index in [1.165, 1.54) is 6.21 Å². The first-order chi connectivity index (χ1) is 8.33. The Kier molecular flexibility index (Phi) is 4.09. The van der Waals surface area contributed by atoms with Crippen LogP contribution in [0.1, 0.15) is 12.0 Å². The van der Waals surface area contributed by atoms with Gasteiger partial charge in [-0.3, -0.25) is 9.29 Å². The van der Waals surface area contributed by atoms with Gasteiger partial charge in [0, 0.05) is 37.1 Å². The number of halogens is 1. The number of likely N-dealkylation sites (tertiary alicyclic amines) is 1. The number of nitrogens with zero attached hydrogens (tertiary/aromatic N) is 1. The molecule has 1 aromatic rings. The largest absolute Gasteiger partial charge is 0.379 e. The molecule has 2 N–H and O–H groups in total. The lowest BCUT2D eigenvalue weighted by Gasteiger charge is -2.40. The Labute approximate surface area is 101 Å². The van der Waals surface area contributed by atoms with Gasteiger partial charge in [-0.25, -0.2) is 0 Å². The molecule has 0 spiro atoms. The number of hydrogen-bond donors (Lipinski definition) is 2. The maximum Gasteiger partial charge on any atom is 0.0906 e. The van der Waals surface area contributed by atoms with Crippen LogP contribution in [0.3, 0.4) is 0 Å². The highest BCUT2D eigenvalue weighted by Crippen LogP contribution is 2.18. The fourth-order valence-corrected chi connectivity index (χ4v) is 2.10. The second kappa shape index (κ2) is 5.77. The minimum Gasteiger partial charge on any atom is -0.379 e. The zero-order valence-electron chi connectivity index (χ0n) is 9.82. The molecule has 0 aliphatic carbocycles. The standard InChI is InChI=1S/C13H18FN3/c14-6-3-7-17-9-12(10-17)16-13-5-2-1-4-11(13)8-15/h1-2,4-5,8,12,15-16H,3,6-7,9-10H2. The number of alkyl halides is 1. The van der Waals surface area contributed by atoms with Crippen LogP contribution in [0, 0.1) is 5.41 Å². The smallest absolute Gasteiger partial charge is 0.0906 e. The van der Waals surface area contributed by atoms with Crippen LogP contribution in [0.4, 0.5) is 10.1 Å². The Morgan fingerprint density at radius 3 is 2.88 bits per heavy atom. The molecule has 1 aliphatic rings. The van der Waals surface area contributed by atoms with Gasteiger partial charge in [0.05, 0.1) is 12.7 Å². The molecule has 3 nitrogen and oxygen atoms in total. The van der Waals surface area contributed by atoms with Crippen molar-refractivity contribution in [3.63, 3.8) is 0 Å². The van der Waals surface area contributed by atoms with Crippen LogP contribution in [0.25, 0.3) is 0 Å². The lowest BCUT2D eigenvalue weighted by Crippen LogP contribution is -2.54. The van der Waals surface area contributed by atoms with Gasteiger partial charge in [-0.1, -0.05) is 18.2 Å². The van der Waals surface area contributed by atoms with Gasteiger partial charge in [0.1, 0.15) is 0 Å². The predicted molar refractivity (Wildman–Crippen MR) is 68.8 cm³/mol. The predicted octanol–water partition coefficient (Wildman–Crippen LogP) is 2.14. The van der Waals surface area contributed by atoms with Crippen molar-refractivity contribution < 1.29 is 4.39 Å². The van der Waals surface area contributed by atoms with Crippen molar-refractivity contribution in [2.75, 3.05) is 31.6 Å². The van der Waals surface area contributed by atoms with E-state index in [1.807, 2.05) is 24.3 Å². The van der Waals surface area contributed by atoms with E-state index in [2.05, 4.69) is 10.2 Å². The summed E-state index contributed by atoms with van der Waals surface area (Å²) >= 11 is 0. The average molecular weight is 235 g/mol. The van der Waals surface area contributed by atoms with Gasteiger partial charge < -0.3 is 10.7 Å². The van der Waals surface area contributed by atoms with Gasteiger partial charge in [-0.15, -0.1) is 0 Å². The minimum absolute atomic E-state index is 0.231. The summed E-state index contributed by atoms with van der Waals surface area (Å²) in [5, 5.41) is 10.7. The molecule has 1 fully saturated rings. The summed E-state index contributed by atoms with van der Waals surface area (Å²) < 4.78 is 12.0. The Morgan fingerprint density at radius 2 is 2.18 bits per heavy atom. The highest BCUT2D eigenvalue weighted by Gasteiger charge is 2.25. The van der Waals surface area contributed by atoms with Gasteiger partial charge in [-0.05, 0) is 12.5 Å². The van der Waals surface area contributed by atoms with E-state index < -0.39 is 0 Å². The Morgan fingerprint density at radius 1 is 1.41 bits per heavy atom. The summed E-state index contributed by atoms with van der Waals surface area (Å²) in [6, 6.07) is 8.24. The van der Waals surface area contributed by atoms with Crippen LogP contribution in [0.15, 0.2) is 24.3 Å². The van der Waals surface area contributed by atoms with Crippen molar-refractivity contribution in [2.24, 2.45) is 0 Å². The first kappa shape index (κ1) is 12.0. The third-order valence-corrected chi connectivity index (χ3v) is 3.04. The number of rotatable bonds is 6. The maximum absolute atomic E-state index is 12.0. The topological polar surface area (TPSA) is 39.1 Å². The molecule has 0 amide bonds. The first-order valence-electron chi connectivity index (χ1n) is 5.98. The van der Waals surface area contributed by atoms with Crippen LogP contribution in [0.5, 0.6) is 0 Å². The van der Waals surface area contributed by atoms with Crippen LogP contribution in [-0.2, 0) is 0 Å². The molecule has 2 rings (SSSR count). The summed E-state index contributed by atoms with van der Waals surface area (Å²) in [6.45, 7) is 2.55. The van der Waals surface area contributed by atoms with Crippen molar-refractivity contribution in [1.82, 2.24) is 4.90 Å². The second-order valence-electron chi connectivity index (χ2n) is 4.37. The second-order valence-corrected chi connectivity index (χ2v) is 4.37. The van der Waals surface area contributed by atoms with Crippen LogP contribution in [-0.4, -0.2) is 43.5 Å². The molecule has 1 aromatic carbocycles. The van der Waals surface area contributed by atoms with Gasteiger partial charge in [0.2, 0.25) is 0 Å². The summed E-state index contributed by atoms with van der Waals surface area (Å²) in [5.74, 6) is 0. The van der Waals surface area contributed by atoms with E-state index >= 15 is 0 Å². The first-order valence-corrected chi connectivity index (χ1v) is 5.98. The van der Waals surface area contributed by atoms with Crippen LogP contribution in [0.2, 0.25) is 0 Å². The van der Waals surface area contributed by atoms with E-state index in [-0.39, 0.29) is 6.67 Å². The molecule has 0 radical (unpaired) electrons.